The number of nitrogens with zero attached hydrogens (tertiary/aromatic N) is 2. The zero-order valence-corrected chi connectivity index (χ0v) is 19.1. The Labute approximate surface area is 198 Å². The first-order valence-electron chi connectivity index (χ1n) is 11.9. The summed E-state index contributed by atoms with van der Waals surface area (Å²) in [6.45, 7) is 0.890. The molecular formula is C25H30N4O5. The number of carbonyl (C=O) groups excluding carboxylic acids is 2. The third kappa shape index (κ3) is 6.03. The van der Waals surface area contributed by atoms with Gasteiger partial charge in [-0.25, -0.2) is 4.79 Å². The SMILES string of the molecule is O=C(NC1CCCCC1)NC1CCN(C(=O)c2cc([N+](=O)[O-])ccc2Oc2ccccc2)CC1. The molecule has 0 spiro atoms. The lowest BCUT2D eigenvalue weighted by Gasteiger charge is -2.33. The summed E-state index contributed by atoms with van der Waals surface area (Å²) in [6, 6.07) is 13.1. The van der Waals surface area contributed by atoms with E-state index in [1.165, 1.54) is 24.6 Å². The van der Waals surface area contributed by atoms with Crippen LogP contribution in [0.25, 0.3) is 0 Å². The minimum Gasteiger partial charge on any atom is -0.457 e. The fourth-order valence-corrected chi connectivity index (χ4v) is 4.56. The molecule has 9 nitrogen and oxygen atoms in total. The number of likely N-dealkylation sites (tertiary alicyclic amines) is 1. The molecule has 1 heterocycles. The molecule has 4 rings (SSSR count). The molecule has 0 bridgehead atoms. The molecule has 1 aliphatic heterocycles. The molecule has 2 N–H and O–H groups in total. The zero-order chi connectivity index (χ0) is 23.9. The van der Waals surface area contributed by atoms with Gasteiger partial charge in [0.05, 0.1) is 10.5 Å². The number of rotatable bonds is 6. The topological polar surface area (TPSA) is 114 Å². The van der Waals surface area contributed by atoms with Crippen LogP contribution in [0.1, 0.15) is 55.3 Å². The maximum absolute atomic E-state index is 13.3. The minimum atomic E-state index is -0.524. The third-order valence-electron chi connectivity index (χ3n) is 6.43. The van der Waals surface area contributed by atoms with Crippen LogP contribution in [0.3, 0.4) is 0 Å². The molecular weight excluding hydrogens is 436 g/mol. The van der Waals surface area contributed by atoms with Crippen molar-refractivity contribution in [3.8, 4) is 11.5 Å². The first-order valence-corrected chi connectivity index (χ1v) is 11.9. The summed E-state index contributed by atoms with van der Waals surface area (Å²) in [4.78, 5) is 38.1. The number of hydrogen-bond acceptors (Lipinski definition) is 5. The van der Waals surface area contributed by atoms with E-state index in [4.69, 9.17) is 4.74 Å². The van der Waals surface area contributed by atoms with Crippen LogP contribution in [0.5, 0.6) is 11.5 Å². The third-order valence-corrected chi connectivity index (χ3v) is 6.43. The molecule has 1 saturated heterocycles. The van der Waals surface area contributed by atoms with Crippen molar-refractivity contribution in [2.75, 3.05) is 13.1 Å². The van der Waals surface area contributed by atoms with Crippen LogP contribution in [0.4, 0.5) is 10.5 Å². The highest BCUT2D eigenvalue weighted by atomic mass is 16.6. The summed E-state index contributed by atoms with van der Waals surface area (Å²) in [6.07, 6.45) is 6.82. The van der Waals surface area contributed by atoms with E-state index in [1.54, 1.807) is 17.0 Å². The van der Waals surface area contributed by atoms with E-state index in [0.29, 0.717) is 31.7 Å². The second-order valence-corrected chi connectivity index (χ2v) is 8.87. The molecule has 0 atom stereocenters. The Morgan fingerprint density at radius 2 is 1.56 bits per heavy atom. The van der Waals surface area contributed by atoms with E-state index in [1.807, 2.05) is 18.2 Å². The van der Waals surface area contributed by atoms with E-state index in [0.717, 1.165) is 25.7 Å². The fraction of sp³-hybridized carbons (Fsp3) is 0.440. The highest BCUT2D eigenvalue weighted by molar-refractivity contribution is 5.97. The first-order chi connectivity index (χ1) is 16.5. The smallest absolute Gasteiger partial charge is 0.315 e. The molecule has 1 saturated carbocycles. The van der Waals surface area contributed by atoms with Crippen LogP contribution in [-0.2, 0) is 0 Å². The number of benzene rings is 2. The number of non-ortho nitro benzene ring substituents is 1. The number of nitro groups is 1. The summed E-state index contributed by atoms with van der Waals surface area (Å²) >= 11 is 0. The Balaban J connectivity index is 1.38. The van der Waals surface area contributed by atoms with Crippen LogP contribution in [0.15, 0.2) is 48.5 Å². The molecule has 34 heavy (non-hydrogen) atoms. The van der Waals surface area contributed by atoms with Crippen molar-refractivity contribution in [1.29, 1.82) is 0 Å². The molecule has 0 aromatic heterocycles. The van der Waals surface area contributed by atoms with Gasteiger partial charge >= 0.3 is 6.03 Å². The monoisotopic (exact) mass is 466 g/mol. The molecule has 0 radical (unpaired) electrons. The molecule has 2 aromatic rings. The number of nitro benzene ring substituents is 1. The minimum absolute atomic E-state index is 0.0159. The molecule has 2 aliphatic rings. The summed E-state index contributed by atoms with van der Waals surface area (Å²) in [5.41, 5.74) is -0.0146. The predicted octanol–water partition coefficient (Wildman–Crippen LogP) is 4.62. The van der Waals surface area contributed by atoms with Crippen LogP contribution >= 0.6 is 0 Å². The Hall–Kier alpha value is -3.62. The first kappa shape index (κ1) is 23.5. The van der Waals surface area contributed by atoms with Gasteiger partial charge < -0.3 is 20.3 Å². The highest BCUT2D eigenvalue weighted by Gasteiger charge is 2.28. The summed E-state index contributed by atoms with van der Waals surface area (Å²) < 4.78 is 5.87. The number of urea groups is 1. The normalized spacial score (nSPS) is 17.1. The van der Waals surface area contributed by atoms with Gasteiger partial charge in [-0.2, -0.15) is 0 Å². The summed E-state index contributed by atoms with van der Waals surface area (Å²) in [7, 11) is 0. The predicted molar refractivity (Wildman–Crippen MR) is 127 cm³/mol. The molecule has 2 aromatic carbocycles. The van der Waals surface area contributed by atoms with Gasteiger partial charge in [0, 0.05) is 37.3 Å². The van der Waals surface area contributed by atoms with Gasteiger partial charge in [0.1, 0.15) is 11.5 Å². The lowest BCUT2D eigenvalue weighted by atomic mass is 9.96. The van der Waals surface area contributed by atoms with Crippen molar-refractivity contribution in [2.24, 2.45) is 0 Å². The van der Waals surface area contributed by atoms with Crippen molar-refractivity contribution < 1.29 is 19.2 Å². The van der Waals surface area contributed by atoms with Gasteiger partial charge in [0.25, 0.3) is 11.6 Å². The fourth-order valence-electron chi connectivity index (χ4n) is 4.56. The van der Waals surface area contributed by atoms with E-state index in [-0.39, 0.29) is 41.0 Å². The molecule has 2 fully saturated rings. The van der Waals surface area contributed by atoms with E-state index >= 15 is 0 Å². The van der Waals surface area contributed by atoms with Crippen LogP contribution in [-0.4, -0.2) is 46.9 Å². The second kappa shape index (κ2) is 11.0. The van der Waals surface area contributed by atoms with Gasteiger partial charge in [0.2, 0.25) is 0 Å². The molecule has 3 amide bonds. The maximum Gasteiger partial charge on any atom is 0.315 e. The second-order valence-electron chi connectivity index (χ2n) is 8.87. The van der Waals surface area contributed by atoms with Crippen LogP contribution in [0, 0.1) is 10.1 Å². The van der Waals surface area contributed by atoms with E-state index in [2.05, 4.69) is 10.6 Å². The molecule has 9 heteroatoms. The largest absolute Gasteiger partial charge is 0.457 e. The van der Waals surface area contributed by atoms with Gasteiger partial charge in [0.15, 0.2) is 0 Å². The number of hydrogen-bond donors (Lipinski definition) is 2. The lowest BCUT2D eigenvalue weighted by Crippen LogP contribution is -2.51. The Morgan fingerprint density at radius 3 is 2.21 bits per heavy atom. The van der Waals surface area contributed by atoms with Crippen molar-refractivity contribution in [2.45, 2.75) is 57.0 Å². The summed E-state index contributed by atoms with van der Waals surface area (Å²) in [5, 5.41) is 17.4. The van der Waals surface area contributed by atoms with Gasteiger partial charge in [-0.3, -0.25) is 14.9 Å². The quantitative estimate of drug-likeness (QED) is 0.476. The molecule has 0 unspecified atom stereocenters. The van der Waals surface area contributed by atoms with Gasteiger partial charge in [-0.1, -0.05) is 37.5 Å². The van der Waals surface area contributed by atoms with Gasteiger partial charge in [-0.15, -0.1) is 0 Å². The van der Waals surface area contributed by atoms with Crippen molar-refractivity contribution >= 4 is 17.6 Å². The van der Waals surface area contributed by atoms with Crippen LogP contribution < -0.4 is 15.4 Å². The number of carbonyl (C=O) groups is 2. The van der Waals surface area contributed by atoms with Crippen molar-refractivity contribution in [3.63, 3.8) is 0 Å². The average Bonchev–Trinajstić information content (AvgIpc) is 2.85. The van der Waals surface area contributed by atoms with E-state index < -0.39 is 4.92 Å². The Bertz CT molecular complexity index is 1020. The summed E-state index contributed by atoms with van der Waals surface area (Å²) in [5.74, 6) is 0.492. The number of para-hydroxylation sites is 1. The molecule has 180 valence electrons. The maximum atomic E-state index is 13.3. The van der Waals surface area contributed by atoms with Gasteiger partial charge in [-0.05, 0) is 43.9 Å². The Kier molecular flexibility index (Phi) is 7.61. The zero-order valence-electron chi connectivity index (χ0n) is 19.1. The Morgan fingerprint density at radius 1 is 0.912 bits per heavy atom. The van der Waals surface area contributed by atoms with Crippen molar-refractivity contribution in [3.05, 3.63) is 64.2 Å². The number of nitrogens with one attached hydrogen (secondary N) is 2. The van der Waals surface area contributed by atoms with Crippen LogP contribution in [0.2, 0.25) is 0 Å². The molecule has 1 aliphatic carbocycles. The average molecular weight is 467 g/mol. The van der Waals surface area contributed by atoms with Crippen molar-refractivity contribution in [1.82, 2.24) is 15.5 Å². The number of amides is 3. The number of ether oxygens (including phenoxy) is 1. The highest BCUT2D eigenvalue weighted by Crippen LogP contribution is 2.30. The number of piperidine rings is 1. The van der Waals surface area contributed by atoms with E-state index in [9.17, 15) is 19.7 Å². The lowest BCUT2D eigenvalue weighted by molar-refractivity contribution is -0.384. The standard InChI is InChI=1S/C25H30N4O5/c30-24(22-17-20(29(32)33)11-12-23(22)34-21-9-5-2-6-10-21)28-15-13-19(14-16-28)27-25(31)26-18-7-3-1-4-8-18/h2,5-6,9-12,17-19H,1,3-4,7-8,13-16H2,(H2,26,27,31).